The van der Waals surface area contributed by atoms with Gasteiger partial charge in [-0.2, -0.15) is 0 Å². The minimum absolute atomic E-state index is 0.0674. The van der Waals surface area contributed by atoms with Gasteiger partial charge >= 0.3 is 0 Å². The molecule has 0 saturated carbocycles. The van der Waals surface area contributed by atoms with Gasteiger partial charge in [-0.1, -0.05) is 19.2 Å². The van der Waals surface area contributed by atoms with Gasteiger partial charge in [-0.25, -0.2) is 4.98 Å². The molecule has 2 saturated heterocycles. The fourth-order valence-corrected chi connectivity index (χ4v) is 6.22. The van der Waals surface area contributed by atoms with E-state index in [2.05, 4.69) is 33.3 Å². The molecular weight excluding hydrogens is 516 g/mol. The summed E-state index contributed by atoms with van der Waals surface area (Å²) in [5.74, 6) is 0.384. The minimum atomic E-state index is -0.449. The van der Waals surface area contributed by atoms with Gasteiger partial charge in [-0.15, -0.1) is 11.3 Å². The van der Waals surface area contributed by atoms with Gasteiger partial charge in [0, 0.05) is 24.8 Å². The molecule has 2 aromatic heterocycles. The summed E-state index contributed by atoms with van der Waals surface area (Å²) in [4.78, 5) is 36.2. The predicted octanol–water partition coefficient (Wildman–Crippen LogP) is 2.69. The van der Waals surface area contributed by atoms with Crippen LogP contribution in [0.2, 0.25) is 0 Å². The number of fused-ring (bicyclic) bond motifs is 2. The summed E-state index contributed by atoms with van der Waals surface area (Å²) >= 11 is 1.22. The van der Waals surface area contributed by atoms with Crippen LogP contribution in [0.15, 0.2) is 66.1 Å². The molecule has 202 valence electrons. The summed E-state index contributed by atoms with van der Waals surface area (Å²) in [6.45, 7) is 12.1. The number of thiophene rings is 1. The Balaban J connectivity index is 1.34. The number of nitrogens with one attached hydrogen (secondary N) is 1. The maximum Gasteiger partial charge on any atom is 0.298 e. The van der Waals surface area contributed by atoms with E-state index in [-0.39, 0.29) is 17.8 Å². The van der Waals surface area contributed by atoms with Crippen LogP contribution in [-0.4, -0.2) is 71.9 Å². The lowest BCUT2D eigenvalue weighted by Gasteiger charge is -2.34. The van der Waals surface area contributed by atoms with Crippen LogP contribution in [0.3, 0.4) is 0 Å². The average Bonchev–Trinajstić information content (AvgIpc) is 3.53. The molecule has 3 aliphatic heterocycles. The number of aromatic nitrogens is 2. The predicted molar refractivity (Wildman–Crippen MR) is 153 cm³/mol. The zero-order valence-electron chi connectivity index (χ0n) is 21.5. The van der Waals surface area contributed by atoms with Gasteiger partial charge in [-0.05, 0) is 42.8 Å². The van der Waals surface area contributed by atoms with Crippen molar-refractivity contribution in [1.29, 1.82) is 0 Å². The molecule has 3 aliphatic rings. The molecule has 1 unspecified atom stereocenters. The topological polar surface area (TPSA) is 115 Å². The fourth-order valence-electron chi connectivity index (χ4n) is 5.29. The number of carbonyl (C=O) groups excluding carboxylic acids is 1. The Bertz CT molecular complexity index is 1560. The monoisotopic (exact) mass is 546 g/mol. The molecule has 6 rings (SSSR count). The maximum atomic E-state index is 13.3. The van der Waals surface area contributed by atoms with Gasteiger partial charge in [0.1, 0.15) is 17.2 Å². The van der Waals surface area contributed by atoms with Crippen LogP contribution in [0.25, 0.3) is 16.0 Å². The van der Waals surface area contributed by atoms with Crippen molar-refractivity contribution in [3.8, 4) is 11.4 Å². The highest BCUT2D eigenvalue weighted by atomic mass is 32.1. The second-order valence-corrected chi connectivity index (χ2v) is 10.8. The number of nitrogens with zero attached hydrogens (tertiary/aromatic N) is 4. The van der Waals surface area contributed by atoms with Crippen molar-refractivity contribution in [2.24, 2.45) is 0 Å². The first kappa shape index (κ1) is 25.4. The largest absolute Gasteiger partial charge is 0.490 e. The van der Waals surface area contributed by atoms with E-state index in [1.807, 2.05) is 24.3 Å². The van der Waals surface area contributed by atoms with Crippen LogP contribution in [0.5, 0.6) is 5.75 Å². The van der Waals surface area contributed by atoms with Crippen molar-refractivity contribution in [3.63, 3.8) is 0 Å². The number of anilines is 2. The lowest BCUT2D eigenvalue weighted by atomic mass is 10.1. The first-order valence-corrected chi connectivity index (χ1v) is 13.7. The second-order valence-electron chi connectivity index (χ2n) is 9.77. The van der Waals surface area contributed by atoms with Crippen LogP contribution in [-0.2, 0) is 4.74 Å². The third-order valence-corrected chi connectivity index (χ3v) is 8.38. The van der Waals surface area contributed by atoms with Crippen LogP contribution >= 0.6 is 11.3 Å². The number of amides is 1. The highest BCUT2D eigenvalue weighted by molar-refractivity contribution is 7.20. The second kappa shape index (κ2) is 10.3. The zero-order valence-corrected chi connectivity index (χ0v) is 22.3. The Kier molecular flexibility index (Phi) is 6.71. The van der Waals surface area contributed by atoms with Crippen LogP contribution < -0.4 is 26.2 Å². The number of hydrogen-bond donors (Lipinski definition) is 2. The quantitative estimate of drug-likeness (QED) is 0.435. The Labute approximate surface area is 229 Å². The summed E-state index contributed by atoms with van der Waals surface area (Å²) in [5.41, 5.74) is 8.38. The maximum absolute atomic E-state index is 13.3. The summed E-state index contributed by atoms with van der Waals surface area (Å²) in [6.07, 6.45) is 6.22. The molecule has 1 atom stereocenters. The molecule has 10 nitrogen and oxygen atoms in total. The van der Waals surface area contributed by atoms with Crippen LogP contribution in [0, 0.1) is 0 Å². The first-order valence-electron chi connectivity index (χ1n) is 12.9. The lowest BCUT2D eigenvalue weighted by molar-refractivity contribution is -0.0574. The van der Waals surface area contributed by atoms with E-state index in [1.54, 1.807) is 18.2 Å². The summed E-state index contributed by atoms with van der Waals surface area (Å²) in [5, 5.41) is 3.15. The third kappa shape index (κ3) is 4.62. The standard InChI is InChI=1S/C28H30N6O4S/c1-3-5-18(4-2)33-10-11-38-23-7-6-19(12-21(23)33)34-22-13-24(39-27(22)31-25(29)28(34)36)26(35)30-17-8-9-32(14-17)20-15-37-16-20/h3-7,12-13,17,20H,1-2,8-11,14-16H2,(H2,29,31)(H,30,35)/b18-5+. The van der Waals surface area contributed by atoms with Crippen LogP contribution in [0.4, 0.5) is 11.5 Å². The van der Waals surface area contributed by atoms with Gasteiger partial charge in [0.15, 0.2) is 5.82 Å². The summed E-state index contributed by atoms with van der Waals surface area (Å²) in [7, 11) is 0. The zero-order chi connectivity index (χ0) is 27.1. The van der Waals surface area contributed by atoms with Crippen LogP contribution in [0.1, 0.15) is 16.1 Å². The molecule has 11 heteroatoms. The number of benzene rings is 1. The Hall–Kier alpha value is -3.93. The molecule has 1 amide bonds. The number of rotatable bonds is 7. The molecular formula is C28H30N6O4S. The van der Waals surface area contributed by atoms with Gasteiger partial charge in [0.25, 0.3) is 11.5 Å². The van der Waals surface area contributed by atoms with Gasteiger partial charge in [0.2, 0.25) is 0 Å². The van der Waals surface area contributed by atoms with Crippen molar-refractivity contribution in [1.82, 2.24) is 19.8 Å². The van der Waals surface area contributed by atoms with E-state index in [0.717, 1.165) is 44.1 Å². The Morgan fingerprint density at radius 2 is 2.08 bits per heavy atom. The van der Waals surface area contributed by atoms with E-state index in [0.29, 0.717) is 45.9 Å². The SMILES string of the molecule is C=C/C=C(\C=C)N1CCOc2ccc(-n3c(=O)c(N)nc4sc(C(=O)NC5CCN(C6COC6)C5)cc43)cc21. The smallest absolute Gasteiger partial charge is 0.298 e. The highest BCUT2D eigenvalue weighted by Gasteiger charge is 2.33. The van der Waals surface area contributed by atoms with Crippen molar-refractivity contribution >= 4 is 39.1 Å². The van der Waals surface area contributed by atoms with Crippen molar-refractivity contribution in [2.45, 2.75) is 18.5 Å². The molecule has 3 aromatic rings. The molecule has 39 heavy (non-hydrogen) atoms. The van der Waals surface area contributed by atoms with Gasteiger partial charge in [-0.3, -0.25) is 19.1 Å². The normalized spacial score (nSPS) is 19.8. The lowest BCUT2D eigenvalue weighted by Crippen LogP contribution is -2.49. The summed E-state index contributed by atoms with van der Waals surface area (Å²) < 4.78 is 12.7. The van der Waals surface area contributed by atoms with Gasteiger partial charge in [0.05, 0.1) is 47.6 Å². The van der Waals surface area contributed by atoms with Crippen molar-refractivity contribution < 1.29 is 14.3 Å². The number of carbonyl (C=O) groups is 1. The van der Waals surface area contributed by atoms with E-state index < -0.39 is 5.56 Å². The Morgan fingerprint density at radius 1 is 1.23 bits per heavy atom. The number of likely N-dealkylation sites (tertiary alicyclic amines) is 1. The molecule has 0 bridgehead atoms. The van der Waals surface area contributed by atoms with E-state index >= 15 is 0 Å². The molecule has 0 radical (unpaired) electrons. The molecule has 2 fully saturated rings. The van der Waals surface area contributed by atoms with Crippen molar-refractivity contribution in [2.75, 3.05) is 50.1 Å². The average molecular weight is 547 g/mol. The Morgan fingerprint density at radius 3 is 2.82 bits per heavy atom. The van der Waals surface area contributed by atoms with Crippen molar-refractivity contribution in [3.05, 3.63) is 76.6 Å². The fraction of sp³-hybridized carbons (Fsp3) is 0.321. The number of nitrogen functional groups attached to an aromatic ring is 1. The number of nitrogens with two attached hydrogens (primary N) is 1. The molecule has 5 heterocycles. The number of allylic oxidation sites excluding steroid dienone is 3. The molecule has 3 N–H and O–H groups in total. The third-order valence-electron chi connectivity index (χ3n) is 7.37. The minimum Gasteiger partial charge on any atom is -0.490 e. The molecule has 0 aliphatic carbocycles. The highest BCUT2D eigenvalue weighted by Crippen LogP contribution is 2.37. The molecule has 0 spiro atoms. The number of ether oxygens (including phenoxy) is 2. The summed E-state index contributed by atoms with van der Waals surface area (Å²) in [6, 6.07) is 7.75. The van der Waals surface area contributed by atoms with E-state index in [4.69, 9.17) is 15.2 Å². The van der Waals surface area contributed by atoms with E-state index in [9.17, 15) is 9.59 Å². The molecule has 1 aromatic carbocycles. The van der Waals surface area contributed by atoms with Gasteiger partial charge < -0.3 is 25.4 Å². The first-order chi connectivity index (χ1) is 19.0. The van der Waals surface area contributed by atoms with E-state index in [1.165, 1.54) is 15.9 Å². The number of hydrogen-bond acceptors (Lipinski definition) is 9.